The number of amides is 1. The van der Waals surface area contributed by atoms with E-state index >= 15 is 0 Å². The molecule has 0 saturated carbocycles. The quantitative estimate of drug-likeness (QED) is 0.860. The average Bonchev–Trinajstić information content (AvgIpc) is 2.83. The lowest BCUT2D eigenvalue weighted by Crippen LogP contribution is -2.30. The molecule has 2 heterocycles. The van der Waals surface area contributed by atoms with Crippen LogP contribution in [0.3, 0.4) is 0 Å². The standard InChI is InChI=1S/C10H13ClFN3O2/c11-7-3-13-15(4-7)2-1-10(17)14-5-8(12)9(16)6-14/h3-4,8-9,16H,1-2,5-6H2/t8-,9-/m1/s1. The summed E-state index contributed by atoms with van der Waals surface area (Å²) < 4.78 is 14.6. The van der Waals surface area contributed by atoms with E-state index in [0.29, 0.717) is 11.6 Å². The maximum Gasteiger partial charge on any atom is 0.224 e. The molecule has 1 aliphatic rings. The van der Waals surface area contributed by atoms with Crippen LogP contribution >= 0.6 is 11.6 Å². The molecule has 2 atom stereocenters. The number of aryl methyl sites for hydroxylation is 1. The van der Waals surface area contributed by atoms with Crippen molar-refractivity contribution in [3.8, 4) is 0 Å². The highest BCUT2D eigenvalue weighted by Crippen LogP contribution is 2.14. The van der Waals surface area contributed by atoms with Crippen molar-refractivity contribution in [2.45, 2.75) is 25.2 Å². The van der Waals surface area contributed by atoms with Crippen molar-refractivity contribution in [1.29, 1.82) is 0 Å². The van der Waals surface area contributed by atoms with Crippen LogP contribution in [0.2, 0.25) is 5.02 Å². The van der Waals surface area contributed by atoms with Crippen molar-refractivity contribution in [3.05, 3.63) is 17.4 Å². The third kappa shape index (κ3) is 2.95. The zero-order valence-corrected chi connectivity index (χ0v) is 9.85. The van der Waals surface area contributed by atoms with E-state index in [1.807, 2.05) is 0 Å². The monoisotopic (exact) mass is 261 g/mol. The number of likely N-dealkylation sites (tertiary alicyclic amines) is 1. The van der Waals surface area contributed by atoms with Gasteiger partial charge in [0.05, 0.1) is 17.8 Å². The van der Waals surface area contributed by atoms with Crippen molar-refractivity contribution in [2.75, 3.05) is 13.1 Å². The van der Waals surface area contributed by atoms with Crippen molar-refractivity contribution < 1.29 is 14.3 Å². The summed E-state index contributed by atoms with van der Waals surface area (Å²) in [4.78, 5) is 13.0. The van der Waals surface area contributed by atoms with Crippen molar-refractivity contribution in [3.63, 3.8) is 0 Å². The van der Waals surface area contributed by atoms with Crippen LogP contribution < -0.4 is 0 Å². The molecule has 94 valence electrons. The number of aliphatic hydroxyl groups is 1. The Morgan fingerprint density at radius 2 is 2.41 bits per heavy atom. The van der Waals surface area contributed by atoms with Crippen LogP contribution in [0, 0.1) is 0 Å². The lowest BCUT2D eigenvalue weighted by molar-refractivity contribution is -0.130. The van der Waals surface area contributed by atoms with Crippen LogP contribution in [0.5, 0.6) is 0 Å². The SMILES string of the molecule is O=C(CCn1cc(Cl)cn1)N1C[C@@H](O)[C@H](F)C1. The Morgan fingerprint density at radius 1 is 1.65 bits per heavy atom. The van der Waals surface area contributed by atoms with Crippen LogP contribution in [0.25, 0.3) is 0 Å². The molecule has 1 saturated heterocycles. The van der Waals surface area contributed by atoms with E-state index in [9.17, 15) is 14.3 Å². The first-order valence-electron chi connectivity index (χ1n) is 5.34. The van der Waals surface area contributed by atoms with E-state index in [4.69, 9.17) is 11.6 Å². The van der Waals surface area contributed by atoms with E-state index in [1.165, 1.54) is 11.1 Å². The number of halogens is 2. The summed E-state index contributed by atoms with van der Waals surface area (Å²) in [5.74, 6) is -0.184. The molecule has 0 bridgehead atoms. The predicted molar refractivity (Wildman–Crippen MR) is 59.3 cm³/mol. The molecule has 7 heteroatoms. The lowest BCUT2D eigenvalue weighted by atomic mass is 10.3. The van der Waals surface area contributed by atoms with Crippen LogP contribution in [-0.2, 0) is 11.3 Å². The first-order valence-corrected chi connectivity index (χ1v) is 5.72. The van der Waals surface area contributed by atoms with Gasteiger partial charge in [0.1, 0.15) is 12.3 Å². The predicted octanol–water partition coefficient (Wildman–Crippen LogP) is 0.468. The minimum absolute atomic E-state index is 0.0279. The number of aliphatic hydroxyl groups excluding tert-OH is 1. The van der Waals surface area contributed by atoms with E-state index in [2.05, 4.69) is 5.10 Å². The van der Waals surface area contributed by atoms with E-state index < -0.39 is 12.3 Å². The lowest BCUT2D eigenvalue weighted by Gasteiger charge is -2.14. The molecule has 0 aromatic carbocycles. The first-order chi connectivity index (χ1) is 8.06. The molecule has 0 radical (unpaired) electrons. The minimum Gasteiger partial charge on any atom is -0.388 e. The maximum atomic E-state index is 13.0. The summed E-state index contributed by atoms with van der Waals surface area (Å²) in [6, 6.07) is 0. The molecule has 1 N–H and O–H groups in total. The van der Waals surface area contributed by atoms with E-state index in [1.54, 1.807) is 10.9 Å². The molecule has 0 unspecified atom stereocenters. The topological polar surface area (TPSA) is 58.4 Å². The highest BCUT2D eigenvalue weighted by atomic mass is 35.5. The van der Waals surface area contributed by atoms with Crippen LogP contribution in [0.4, 0.5) is 4.39 Å². The molecule has 0 spiro atoms. The summed E-state index contributed by atoms with van der Waals surface area (Å²) in [5, 5.41) is 13.6. The van der Waals surface area contributed by atoms with Crippen molar-refractivity contribution >= 4 is 17.5 Å². The summed E-state index contributed by atoms with van der Waals surface area (Å²) >= 11 is 5.68. The van der Waals surface area contributed by atoms with Crippen LogP contribution in [-0.4, -0.2) is 51.1 Å². The second kappa shape index (κ2) is 5.01. The molecule has 1 fully saturated rings. The third-order valence-electron chi connectivity index (χ3n) is 2.73. The van der Waals surface area contributed by atoms with Gasteiger partial charge in [-0.05, 0) is 0 Å². The second-order valence-electron chi connectivity index (χ2n) is 4.05. The highest BCUT2D eigenvalue weighted by Gasteiger charge is 2.33. The Hall–Kier alpha value is -1.14. The van der Waals surface area contributed by atoms with Crippen LogP contribution in [0.1, 0.15) is 6.42 Å². The zero-order valence-electron chi connectivity index (χ0n) is 9.09. The highest BCUT2D eigenvalue weighted by molar-refractivity contribution is 6.30. The van der Waals surface area contributed by atoms with Gasteiger partial charge in [-0.15, -0.1) is 0 Å². The second-order valence-corrected chi connectivity index (χ2v) is 4.49. The molecule has 1 aromatic rings. The van der Waals surface area contributed by atoms with Crippen molar-refractivity contribution in [1.82, 2.24) is 14.7 Å². The number of β-amino-alcohol motifs (C(OH)–C–C–N with tert-alkyl or cyclic N) is 1. The molecule has 0 aliphatic carbocycles. The fourth-order valence-electron chi connectivity index (χ4n) is 1.78. The molecule has 2 rings (SSSR count). The number of rotatable bonds is 3. The Bertz CT molecular complexity index is 402. The van der Waals surface area contributed by atoms with Crippen LogP contribution in [0.15, 0.2) is 12.4 Å². The Balaban J connectivity index is 1.82. The summed E-state index contributed by atoms with van der Waals surface area (Å²) in [7, 11) is 0. The van der Waals surface area contributed by atoms with Crippen molar-refractivity contribution in [2.24, 2.45) is 0 Å². The van der Waals surface area contributed by atoms with Gasteiger partial charge in [-0.2, -0.15) is 5.10 Å². The number of hydrogen-bond donors (Lipinski definition) is 1. The smallest absolute Gasteiger partial charge is 0.224 e. The summed E-state index contributed by atoms with van der Waals surface area (Å²) in [6.07, 6.45) is 0.933. The van der Waals surface area contributed by atoms with Gasteiger partial charge in [-0.25, -0.2) is 4.39 Å². The number of aromatic nitrogens is 2. The van der Waals surface area contributed by atoms with E-state index in [-0.39, 0.29) is 25.4 Å². The summed E-state index contributed by atoms with van der Waals surface area (Å²) in [6.45, 7) is 0.439. The van der Waals surface area contributed by atoms with Gasteiger partial charge in [0.25, 0.3) is 0 Å². The number of carbonyl (C=O) groups excluding carboxylic acids is 1. The van der Waals surface area contributed by atoms with Gasteiger partial charge < -0.3 is 10.0 Å². The Labute approximate surface area is 103 Å². The Morgan fingerprint density at radius 3 is 2.94 bits per heavy atom. The summed E-state index contributed by atoms with van der Waals surface area (Å²) in [5.41, 5.74) is 0. The zero-order chi connectivity index (χ0) is 12.4. The fourth-order valence-corrected chi connectivity index (χ4v) is 1.94. The van der Waals surface area contributed by atoms with Gasteiger partial charge >= 0.3 is 0 Å². The third-order valence-corrected chi connectivity index (χ3v) is 2.92. The molecule has 17 heavy (non-hydrogen) atoms. The van der Waals surface area contributed by atoms with Gasteiger partial charge in [-0.3, -0.25) is 9.48 Å². The Kier molecular flexibility index (Phi) is 3.63. The van der Waals surface area contributed by atoms with Gasteiger partial charge in [0.2, 0.25) is 5.91 Å². The molecular weight excluding hydrogens is 249 g/mol. The van der Waals surface area contributed by atoms with Gasteiger partial charge in [0, 0.05) is 25.7 Å². The molecule has 1 aromatic heterocycles. The number of alkyl halides is 1. The number of carbonyl (C=O) groups is 1. The average molecular weight is 262 g/mol. The fraction of sp³-hybridized carbons (Fsp3) is 0.600. The molecule has 1 aliphatic heterocycles. The largest absolute Gasteiger partial charge is 0.388 e. The molecular formula is C10H13ClFN3O2. The first kappa shape index (κ1) is 12.3. The van der Waals surface area contributed by atoms with Gasteiger partial charge in [-0.1, -0.05) is 11.6 Å². The minimum atomic E-state index is -1.34. The molecule has 1 amide bonds. The van der Waals surface area contributed by atoms with Gasteiger partial charge in [0.15, 0.2) is 0 Å². The number of hydrogen-bond acceptors (Lipinski definition) is 3. The molecule has 5 nitrogen and oxygen atoms in total. The normalized spacial score (nSPS) is 24.3. The maximum absolute atomic E-state index is 13.0. The number of nitrogens with zero attached hydrogens (tertiary/aromatic N) is 3. The van der Waals surface area contributed by atoms with E-state index in [0.717, 1.165) is 0 Å².